The molecule has 1 aromatic carbocycles. The molecule has 1 N–H and O–H groups in total. The number of carboxylic acids is 1. The Bertz CT molecular complexity index is 523. The number of hydrogen-bond donors (Lipinski definition) is 1. The fourth-order valence-corrected chi connectivity index (χ4v) is 1.40. The van der Waals surface area contributed by atoms with Crippen LogP contribution in [0.25, 0.3) is 6.08 Å². The van der Waals surface area contributed by atoms with Crippen molar-refractivity contribution in [1.29, 1.82) is 0 Å². The smallest absolute Gasteiger partial charge is 0.328 e. The van der Waals surface area contributed by atoms with Crippen molar-refractivity contribution in [2.24, 2.45) is 0 Å². The first kappa shape index (κ1) is 14.9. The first-order chi connectivity index (χ1) is 8.82. The Morgan fingerprint density at radius 2 is 2.00 bits per heavy atom. The number of benzene rings is 1. The maximum Gasteiger partial charge on any atom is 0.328 e. The van der Waals surface area contributed by atoms with E-state index in [1.54, 1.807) is 7.05 Å². The van der Waals surface area contributed by atoms with Crippen LogP contribution < -0.4 is 0 Å². The molecular formula is C14H16FNO3. The summed E-state index contributed by atoms with van der Waals surface area (Å²) < 4.78 is 13.7. The molecule has 0 saturated heterocycles. The third-order valence-corrected chi connectivity index (χ3v) is 2.73. The highest BCUT2D eigenvalue weighted by Crippen LogP contribution is 2.15. The van der Waals surface area contributed by atoms with E-state index in [9.17, 15) is 14.0 Å². The van der Waals surface area contributed by atoms with Crippen LogP contribution in [0.2, 0.25) is 0 Å². The fourth-order valence-electron chi connectivity index (χ4n) is 1.40. The van der Waals surface area contributed by atoms with E-state index in [0.717, 1.165) is 12.1 Å². The van der Waals surface area contributed by atoms with E-state index in [2.05, 4.69) is 0 Å². The first-order valence-corrected chi connectivity index (χ1v) is 5.80. The highest BCUT2D eigenvalue weighted by atomic mass is 19.1. The minimum absolute atomic E-state index is 0.0508. The van der Waals surface area contributed by atoms with Crippen molar-refractivity contribution in [3.8, 4) is 0 Å². The number of carboxylic acid groups (broad SMARTS) is 1. The quantitative estimate of drug-likeness (QED) is 0.850. The summed E-state index contributed by atoms with van der Waals surface area (Å²) in [6, 6.07) is 3.87. The van der Waals surface area contributed by atoms with Crippen LogP contribution in [0, 0.1) is 5.82 Å². The van der Waals surface area contributed by atoms with Gasteiger partial charge in [0.05, 0.1) is 5.56 Å². The Morgan fingerprint density at radius 1 is 1.37 bits per heavy atom. The van der Waals surface area contributed by atoms with Gasteiger partial charge in [0.2, 0.25) is 0 Å². The molecule has 0 aliphatic heterocycles. The number of carbonyl (C=O) groups is 2. The van der Waals surface area contributed by atoms with Gasteiger partial charge in [-0.2, -0.15) is 0 Å². The van der Waals surface area contributed by atoms with Crippen molar-refractivity contribution in [1.82, 2.24) is 4.90 Å². The van der Waals surface area contributed by atoms with E-state index in [1.165, 1.54) is 23.1 Å². The van der Waals surface area contributed by atoms with Crippen LogP contribution in [0.5, 0.6) is 0 Å². The summed E-state index contributed by atoms with van der Waals surface area (Å²) in [7, 11) is 1.59. The third-order valence-electron chi connectivity index (χ3n) is 2.73. The molecule has 0 aliphatic rings. The monoisotopic (exact) mass is 265 g/mol. The molecule has 4 nitrogen and oxygen atoms in total. The van der Waals surface area contributed by atoms with Crippen molar-refractivity contribution in [2.45, 2.75) is 19.9 Å². The Morgan fingerprint density at radius 3 is 2.53 bits per heavy atom. The van der Waals surface area contributed by atoms with Gasteiger partial charge in [-0.25, -0.2) is 9.18 Å². The minimum atomic E-state index is -1.10. The standard InChI is InChI=1S/C14H16FNO3/c1-9(2)16(3)14(19)11-8-10(4-6-12(11)15)5-7-13(17)18/h4-9H,1-3H3,(H,17,18)/b7-5+. The lowest BCUT2D eigenvalue weighted by molar-refractivity contribution is -0.131. The maximum atomic E-state index is 13.7. The third kappa shape index (κ3) is 3.91. The molecular weight excluding hydrogens is 249 g/mol. The summed E-state index contributed by atoms with van der Waals surface area (Å²) >= 11 is 0. The molecule has 102 valence electrons. The van der Waals surface area contributed by atoms with Crippen LogP contribution in [0.1, 0.15) is 29.8 Å². The Kier molecular flexibility index (Phi) is 4.80. The van der Waals surface area contributed by atoms with Gasteiger partial charge in [0.15, 0.2) is 0 Å². The van der Waals surface area contributed by atoms with Gasteiger partial charge >= 0.3 is 5.97 Å². The van der Waals surface area contributed by atoms with Crippen molar-refractivity contribution in [3.05, 3.63) is 41.2 Å². The molecule has 0 spiro atoms. The molecule has 1 aromatic rings. The first-order valence-electron chi connectivity index (χ1n) is 5.80. The zero-order chi connectivity index (χ0) is 14.6. The topological polar surface area (TPSA) is 57.6 Å². The Hall–Kier alpha value is -2.17. The molecule has 0 bridgehead atoms. The molecule has 0 unspecified atom stereocenters. The van der Waals surface area contributed by atoms with Gasteiger partial charge in [0, 0.05) is 19.2 Å². The van der Waals surface area contributed by atoms with Gasteiger partial charge in [0.25, 0.3) is 5.91 Å². The van der Waals surface area contributed by atoms with Gasteiger partial charge in [-0.15, -0.1) is 0 Å². The molecule has 0 fully saturated rings. The average molecular weight is 265 g/mol. The summed E-state index contributed by atoms with van der Waals surface area (Å²) in [5.41, 5.74) is 0.396. The lowest BCUT2D eigenvalue weighted by Gasteiger charge is -2.21. The number of aliphatic carboxylic acids is 1. The summed E-state index contributed by atoms with van der Waals surface area (Å²) in [6.45, 7) is 3.65. The number of hydrogen-bond acceptors (Lipinski definition) is 2. The molecule has 1 amide bonds. The predicted octanol–water partition coefficient (Wildman–Crippen LogP) is 2.40. The molecule has 0 atom stereocenters. The van der Waals surface area contributed by atoms with E-state index in [-0.39, 0.29) is 11.6 Å². The van der Waals surface area contributed by atoms with Crippen molar-refractivity contribution < 1.29 is 19.1 Å². The van der Waals surface area contributed by atoms with Crippen LogP contribution in [0.15, 0.2) is 24.3 Å². The van der Waals surface area contributed by atoms with Crippen LogP contribution in [0.4, 0.5) is 4.39 Å². The minimum Gasteiger partial charge on any atom is -0.478 e. The second-order valence-corrected chi connectivity index (χ2v) is 4.42. The lowest BCUT2D eigenvalue weighted by Crippen LogP contribution is -2.33. The van der Waals surface area contributed by atoms with E-state index in [0.29, 0.717) is 5.56 Å². The normalized spacial score (nSPS) is 11.0. The molecule has 5 heteroatoms. The van der Waals surface area contributed by atoms with E-state index < -0.39 is 17.7 Å². The molecule has 0 aromatic heterocycles. The van der Waals surface area contributed by atoms with E-state index in [4.69, 9.17) is 5.11 Å². The maximum absolute atomic E-state index is 13.7. The van der Waals surface area contributed by atoms with Crippen LogP contribution in [-0.4, -0.2) is 35.0 Å². The SMILES string of the molecule is CC(C)N(C)C(=O)c1cc(/C=C/C(=O)O)ccc1F. The number of halogens is 1. The molecule has 0 heterocycles. The van der Waals surface area contributed by atoms with Crippen LogP contribution in [0.3, 0.4) is 0 Å². The van der Waals surface area contributed by atoms with Crippen LogP contribution in [-0.2, 0) is 4.79 Å². The lowest BCUT2D eigenvalue weighted by atomic mass is 10.1. The van der Waals surface area contributed by atoms with Gasteiger partial charge in [-0.3, -0.25) is 4.79 Å². The average Bonchev–Trinajstić information content (AvgIpc) is 2.35. The largest absolute Gasteiger partial charge is 0.478 e. The van der Waals surface area contributed by atoms with Gasteiger partial charge in [-0.05, 0) is 37.6 Å². The Labute approximate surface area is 111 Å². The van der Waals surface area contributed by atoms with E-state index >= 15 is 0 Å². The van der Waals surface area contributed by atoms with Crippen LogP contribution >= 0.6 is 0 Å². The summed E-state index contributed by atoms with van der Waals surface area (Å²) in [6.07, 6.45) is 2.25. The second-order valence-electron chi connectivity index (χ2n) is 4.42. The fraction of sp³-hybridized carbons (Fsp3) is 0.286. The predicted molar refractivity (Wildman–Crippen MR) is 70.3 cm³/mol. The van der Waals surface area contributed by atoms with Crippen molar-refractivity contribution in [2.75, 3.05) is 7.05 Å². The zero-order valence-corrected chi connectivity index (χ0v) is 11.1. The molecule has 1 rings (SSSR count). The summed E-state index contributed by atoms with van der Waals surface area (Å²) in [5, 5.41) is 8.53. The highest BCUT2D eigenvalue weighted by molar-refractivity contribution is 5.95. The highest BCUT2D eigenvalue weighted by Gasteiger charge is 2.18. The van der Waals surface area contributed by atoms with Gasteiger partial charge in [-0.1, -0.05) is 6.07 Å². The Balaban J connectivity index is 3.10. The number of nitrogens with zero attached hydrogens (tertiary/aromatic N) is 1. The molecule has 0 radical (unpaired) electrons. The number of rotatable bonds is 4. The second kappa shape index (κ2) is 6.13. The van der Waals surface area contributed by atoms with Crippen molar-refractivity contribution >= 4 is 18.0 Å². The van der Waals surface area contributed by atoms with Gasteiger partial charge in [0.1, 0.15) is 5.82 Å². The number of amides is 1. The van der Waals surface area contributed by atoms with Gasteiger partial charge < -0.3 is 10.0 Å². The number of carbonyl (C=O) groups excluding carboxylic acids is 1. The van der Waals surface area contributed by atoms with Crippen molar-refractivity contribution in [3.63, 3.8) is 0 Å². The summed E-state index contributed by atoms with van der Waals surface area (Å²) in [4.78, 5) is 23.9. The van der Waals surface area contributed by atoms with E-state index in [1.807, 2.05) is 13.8 Å². The summed E-state index contributed by atoms with van der Waals surface area (Å²) in [5.74, 6) is -2.15. The molecule has 0 saturated carbocycles. The molecule has 19 heavy (non-hydrogen) atoms. The zero-order valence-electron chi connectivity index (χ0n) is 11.1. The molecule has 0 aliphatic carbocycles.